The molecule has 0 spiro atoms. The minimum Gasteiger partial charge on any atom is -0.368 e. The van der Waals surface area contributed by atoms with E-state index in [-0.39, 0.29) is 23.8 Å². The molecule has 6 heteroatoms. The van der Waals surface area contributed by atoms with Gasteiger partial charge in [-0.3, -0.25) is 9.59 Å². The average Bonchev–Trinajstić information content (AvgIpc) is 2.72. The van der Waals surface area contributed by atoms with Crippen molar-refractivity contribution >= 4 is 17.6 Å². The third-order valence-electron chi connectivity index (χ3n) is 4.92. The molecule has 0 radical (unpaired) electrons. The van der Waals surface area contributed by atoms with E-state index in [9.17, 15) is 9.59 Å². The number of carbonyl (C=O) groups excluding carboxylic acids is 2. The van der Waals surface area contributed by atoms with E-state index in [1.807, 2.05) is 60.4 Å². The molecule has 0 bridgehead atoms. The summed E-state index contributed by atoms with van der Waals surface area (Å²) >= 11 is 0. The number of likely N-dealkylation sites (tertiary alicyclic amines) is 1. The Labute approximate surface area is 160 Å². The van der Waals surface area contributed by atoms with E-state index in [0.29, 0.717) is 32.5 Å². The molecule has 3 rings (SSSR count). The molecular formula is C21H26N4O2. The standard InChI is InChI=1S/C21H26N4O2/c1-2-25-19(26)12-11-17(20(25)16-8-4-3-5-9-16)21(27)24-15-14-23-18-10-6-7-13-22-18/h3-10,13,17,20H,2,11-12,14-15H2,1H3,(H,22,23)(H,24,27)/t17-,20+/m1/s1. The summed E-state index contributed by atoms with van der Waals surface area (Å²) in [4.78, 5) is 31.3. The van der Waals surface area contributed by atoms with Gasteiger partial charge in [0.05, 0.1) is 12.0 Å². The molecule has 1 aromatic carbocycles. The van der Waals surface area contributed by atoms with Gasteiger partial charge >= 0.3 is 0 Å². The molecule has 2 amide bonds. The van der Waals surface area contributed by atoms with Crippen LogP contribution in [0.2, 0.25) is 0 Å². The van der Waals surface area contributed by atoms with Gasteiger partial charge in [-0.15, -0.1) is 0 Å². The smallest absolute Gasteiger partial charge is 0.225 e. The Balaban J connectivity index is 1.63. The highest BCUT2D eigenvalue weighted by Crippen LogP contribution is 2.36. The molecule has 1 aromatic heterocycles. The first-order valence-corrected chi connectivity index (χ1v) is 9.47. The van der Waals surface area contributed by atoms with Crippen molar-refractivity contribution in [2.75, 3.05) is 25.0 Å². The Morgan fingerprint density at radius 1 is 1.15 bits per heavy atom. The summed E-state index contributed by atoms with van der Waals surface area (Å²) in [6.07, 6.45) is 2.72. The zero-order valence-electron chi connectivity index (χ0n) is 15.6. The predicted octanol–water partition coefficient (Wildman–Crippen LogP) is 2.61. The van der Waals surface area contributed by atoms with E-state index in [0.717, 1.165) is 11.4 Å². The van der Waals surface area contributed by atoms with Crippen molar-refractivity contribution in [1.82, 2.24) is 15.2 Å². The zero-order chi connectivity index (χ0) is 19.1. The van der Waals surface area contributed by atoms with Crippen LogP contribution in [0.1, 0.15) is 31.4 Å². The lowest BCUT2D eigenvalue weighted by Gasteiger charge is -2.40. The topological polar surface area (TPSA) is 74.3 Å². The Kier molecular flexibility index (Phi) is 6.41. The van der Waals surface area contributed by atoms with Crippen molar-refractivity contribution in [3.63, 3.8) is 0 Å². The number of amides is 2. The van der Waals surface area contributed by atoms with Gasteiger partial charge in [0.1, 0.15) is 5.82 Å². The van der Waals surface area contributed by atoms with Gasteiger partial charge in [0.2, 0.25) is 11.8 Å². The quantitative estimate of drug-likeness (QED) is 0.739. The van der Waals surface area contributed by atoms with Crippen LogP contribution >= 0.6 is 0 Å². The molecular weight excluding hydrogens is 340 g/mol. The molecule has 0 saturated carbocycles. The first-order chi connectivity index (χ1) is 13.2. The second-order valence-corrected chi connectivity index (χ2v) is 6.61. The second-order valence-electron chi connectivity index (χ2n) is 6.61. The van der Waals surface area contributed by atoms with Crippen molar-refractivity contribution in [3.8, 4) is 0 Å². The number of nitrogens with one attached hydrogen (secondary N) is 2. The molecule has 2 atom stereocenters. The van der Waals surface area contributed by atoms with Crippen LogP contribution in [0.4, 0.5) is 5.82 Å². The molecule has 1 saturated heterocycles. The van der Waals surface area contributed by atoms with Crippen LogP contribution in [-0.2, 0) is 9.59 Å². The molecule has 0 aliphatic carbocycles. The number of rotatable bonds is 7. The van der Waals surface area contributed by atoms with Crippen LogP contribution in [0, 0.1) is 5.92 Å². The maximum atomic E-state index is 12.9. The number of piperidine rings is 1. The first kappa shape index (κ1) is 18.9. The van der Waals surface area contributed by atoms with Gasteiger partial charge in [0, 0.05) is 32.3 Å². The first-order valence-electron chi connectivity index (χ1n) is 9.47. The summed E-state index contributed by atoms with van der Waals surface area (Å²) in [6.45, 7) is 3.67. The SMILES string of the molecule is CCN1C(=O)CC[C@@H](C(=O)NCCNc2ccccn2)[C@@H]1c1ccccc1. The summed E-state index contributed by atoms with van der Waals surface area (Å²) in [6, 6.07) is 15.3. The number of anilines is 1. The summed E-state index contributed by atoms with van der Waals surface area (Å²) in [7, 11) is 0. The van der Waals surface area contributed by atoms with E-state index < -0.39 is 0 Å². The third kappa shape index (κ3) is 4.64. The minimum atomic E-state index is -0.236. The van der Waals surface area contributed by atoms with Crippen LogP contribution in [-0.4, -0.2) is 41.3 Å². The van der Waals surface area contributed by atoms with Gasteiger partial charge in [0.25, 0.3) is 0 Å². The highest BCUT2D eigenvalue weighted by molar-refractivity contribution is 5.85. The van der Waals surface area contributed by atoms with Crippen LogP contribution in [0.25, 0.3) is 0 Å². The van der Waals surface area contributed by atoms with Crippen LogP contribution in [0.3, 0.4) is 0 Å². The largest absolute Gasteiger partial charge is 0.368 e. The molecule has 1 aliphatic rings. The number of hydrogen-bond donors (Lipinski definition) is 2. The van der Waals surface area contributed by atoms with Crippen molar-refractivity contribution in [2.24, 2.45) is 5.92 Å². The normalized spacial score (nSPS) is 19.6. The number of nitrogens with zero attached hydrogens (tertiary/aromatic N) is 2. The highest BCUT2D eigenvalue weighted by atomic mass is 16.2. The third-order valence-corrected chi connectivity index (χ3v) is 4.92. The lowest BCUT2D eigenvalue weighted by atomic mass is 9.83. The number of benzene rings is 1. The van der Waals surface area contributed by atoms with Gasteiger partial charge in [-0.1, -0.05) is 36.4 Å². The van der Waals surface area contributed by atoms with Crippen LogP contribution in [0.15, 0.2) is 54.7 Å². The lowest BCUT2D eigenvalue weighted by Crippen LogP contribution is -2.48. The average molecular weight is 366 g/mol. The Hall–Kier alpha value is -2.89. The van der Waals surface area contributed by atoms with E-state index in [2.05, 4.69) is 15.6 Å². The summed E-state index contributed by atoms with van der Waals surface area (Å²) in [5, 5.41) is 6.20. The summed E-state index contributed by atoms with van der Waals surface area (Å²) in [5.41, 5.74) is 1.01. The molecule has 1 fully saturated rings. The number of aromatic nitrogens is 1. The molecule has 1 aliphatic heterocycles. The van der Waals surface area contributed by atoms with Gasteiger partial charge < -0.3 is 15.5 Å². The Bertz CT molecular complexity index is 751. The van der Waals surface area contributed by atoms with Crippen molar-refractivity contribution in [2.45, 2.75) is 25.8 Å². The second kappa shape index (κ2) is 9.16. The fraction of sp³-hybridized carbons (Fsp3) is 0.381. The molecule has 0 unspecified atom stereocenters. The molecule has 2 heterocycles. The molecule has 2 N–H and O–H groups in total. The predicted molar refractivity (Wildman–Crippen MR) is 105 cm³/mol. The van der Waals surface area contributed by atoms with Crippen molar-refractivity contribution < 1.29 is 9.59 Å². The fourth-order valence-electron chi connectivity index (χ4n) is 3.64. The van der Waals surface area contributed by atoms with Crippen LogP contribution in [0.5, 0.6) is 0 Å². The van der Waals surface area contributed by atoms with E-state index in [1.165, 1.54) is 0 Å². The van der Waals surface area contributed by atoms with Crippen molar-refractivity contribution in [3.05, 3.63) is 60.3 Å². The maximum Gasteiger partial charge on any atom is 0.225 e. The number of hydrogen-bond acceptors (Lipinski definition) is 4. The lowest BCUT2D eigenvalue weighted by molar-refractivity contribution is -0.143. The van der Waals surface area contributed by atoms with Gasteiger partial charge in [-0.05, 0) is 31.0 Å². The molecule has 142 valence electrons. The highest BCUT2D eigenvalue weighted by Gasteiger charge is 2.39. The van der Waals surface area contributed by atoms with E-state index in [4.69, 9.17) is 0 Å². The van der Waals surface area contributed by atoms with E-state index >= 15 is 0 Å². The summed E-state index contributed by atoms with van der Waals surface area (Å²) < 4.78 is 0. The fourth-order valence-corrected chi connectivity index (χ4v) is 3.64. The number of pyridine rings is 1. The maximum absolute atomic E-state index is 12.9. The monoisotopic (exact) mass is 366 g/mol. The van der Waals surface area contributed by atoms with Crippen LogP contribution < -0.4 is 10.6 Å². The summed E-state index contributed by atoms with van der Waals surface area (Å²) in [5.74, 6) is 0.666. The van der Waals surface area contributed by atoms with E-state index in [1.54, 1.807) is 6.20 Å². The minimum absolute atomic E-state index is 0.00220. The zero-order valence-corrected chi connectivity index (χ0v) is 15.6. The Morgan fingerprint density at radius 3 is 2.63 bits per heavy atom. The molecule has 2 aromatic rings. The number of carbonyl (C=O) groups is 2. The van der Waals surface area contributed by atoms with Gasteiger partial charge in [0.15, 0.2) is 0 Å². The van der Waals surface area contributed by atoms with Gasteiger partial charge in [-0.2, -0.15) is 0 Å². The van der Waals surface area contributed by atoms with Crippen molar-refractivity contribution in [1.29, 1.82) is 0 Å². The van der Waals surface area contributed by atoms with Gasteiger partial charge in [-0.25, -0.2) is 4.98 Å². The molecule has 27 heavy (non-hydrogen) atoms. The molecule has 6 nitrogen and oxygen atoms in total. The Morgan fingerprint density at radius 2 is 1.93 bits per heavy atom.